The van der Waals surface area contributed by atoms with Crippen LogP contribution in [0.3, 0.4) is 0 Å². The smallest absolute Gasteiger partial charge is 0.190 e. The second-order valence-corrected chi connectivity index (χ2v) is 10.6. The molecule has 0 aliphatic carbocycles. The van der Waals surface area contributed by atoms with Crippen molar-refractivity contribution in [1.29, 1.82) is 0 Å². The van der Waals surface area contributed by atoms with Crippen LogP contribution in [0.15, 0.2) is 14.5 Å². The molecular weight excluding hydrogens is 407 g/mol. The van der Waals surface area contributed by atoms with E-state index in [1.807, 2.05) is 6.92 Å². The number of rotatable bonds is 3. The molecule has 0 aromatic carbocycles. The van der Waals surface area contributed by atoms with Gasteiger partial charge in [-0.15, -0.1) is 11.3 Å². The molecule has 0 saturated heterocycles. The number of hydrogen-bond acceptors (Lipinski definition) is 6. The third kappa shape index (κ3) is 4.15. The van der Waals surface area contributed by atoms with E-state index in [1.165, 1.54) is 6.07 Å². The van der Waals surface area contributed by atoms with Gasteiger partial charge in [0.2, 0.25) is 0 Å². The molecule has 21 heavy (non-hydrogen) atoms. The van der Waals surface area contributed by atoms with E-state index in [-0.39, 0.29) is 54.6 Å². The van der Waals surface area contributed by atoms with Crippen molar-refractivity contribution >= 4 is 31.0 Å². The Morgan fingerprint density at radius 2 is 2.00 bits per heavy atom. The van der Waals surface area contributed by atoms with Crippen LogP contribution in [0, 0.1) is 0 Å². The zero-order chi connectivity index (χ0) is 14.4. The second-order valence-electron chi connectivity index (χ2n) is 4.78. The molecule has 0 fully saturated rings. The van der Waals surface area contributed by atoms with Crippen molar-refractivity contribution < 1.29 is 49.5 Å². The Morgan fingerprint density at radius 3 is 2.48 bits per heavy atom. The molecule has 2 rings (SSSR count). The molecule has 1 aliphatic rings. The Balaban J connectivity index is 0.00000200. The van der Waals surface area contributed by atoms with Crippen molar-refractivity contribution in [2.45, 2.75) is 47.4 Å². The SMILES string of the molecule is C.CCN[C@H]1C[C@H](C)S(=O)(=O)c2sc(S(C)(=O)=O)cc21.[Y]. The van der Waals surface area contributed by atoms with E-state index in [0.29, 0.717) is 18.5 Å². The summed E-state index contributed by atoms with van der Waals surface area (Å²) in [6.45, 7) is 4.32. The van der Waals surface area contributed by atoms with E-state index >= 15 is 0 Å². The van der Waals surface area contributed by atoms with Gasteiger partial charge >= 0.3 is 0 Å². The number of sulfone groups is 2. The molecule has 1 aromatic heterocycles. The molecule has 1 aromatic rings. The fraction of sp³-hybridized carbons (Fsp3) is 0.667. The minimum atomic E-state index is -3.40. The summed E-state index contributed by atoms with van der Waals surface area (Å²) in [5.74, 6) is 0. The molecular formula is C12H21NO4S3Y. The van der Waals surface area contributed by atoms with E-state index in [4.69, 9.17) is 0 Å². The molecule has 0 bridgehead atoms. The van der Waals surface area contributed by atoms with Crippen molar-refractivity contribution in [3.05, 3.63) is 11.6 Å². The maximum Gasteiger partial charge on any atom is 0.190 e. The molecule has 0 spiro atoms. The van der Waals surface area contributed by atoms with Crippen LogP contribution in [0.2, 0.25) is 0 Å². The minimum absolute atomic E-state index is 0. The fourth-order valence-corrected chi connectivity index (χ4v) is 6.83. The van der Waals surface area contributed by atoms with Crippen molar-refractivity contribution in [3.8, 4) is 0 Å². The summed E-state index contributed by atoms with van der Waals surface area (Å²) in [5.41, 5.74) is 0.602. The first-order valence-corrected chi connectivity index (χ1v) is 10.2. The van der Waals surface area contributed by atoms with Crippen molar-refractivity contribution in [2.24, 2.45) is 0 Å². The number of thiophene rings is 1. The maximum absolute atomic E-state index is 12.3. The van der Waals surface area contributed by atoms with E-state index in [9.17, 15) is 16.8 Å². The summed E-state index contributed by atoms with van der Waals surface area (Å²) in [5, 5.41) is 2.73. The first-order valence-electron chi connectivity index (χ1n) is 5.99. The Kier molecular flexibility index (Phi) is 7.73. The molecule has 1 aliphatic heterocycles. The van der Waals surface area contributed by atoms with Gasteiger partial charge in [-0.05, 0) is 31.5 Å². The summed E-state index contributed by atoms with van der Waals surface area (Å²) in [6.07, 6.45) is 1.58. The van der Waals surface area contributed by atoms with Crippen LogP contribution in [0.4, 0.5) is 0 Å². The predicted molar refractivity (Wildman–Crippen MR) is 81.8 cm³/mol. The number of nitrogens with one attached hydrogen (secondary N) is 1. The van der Waals surface area contributed by atoms with Crippen LogP contribution in [0.5, 0.6) is 0 Å². The van der Waals surface area contributed by atoms with E-state index in [2.05, 4.69) is 5.32 Å². The van der Waals surface area contributed by atoms with Crippen LogP contribution >= 0.6 is 11.3 Å². The molecule has 2 atom stereocenters. The Labute approximate surface area is 156 Å². The topological polar surface area (TPSA) is 80.3 Å². The van der Waals surface area contributed by atoms with Gasteiger partial charge in [-0.2, -0.15) is 0 Å². The molecule has 1 N–H and O–H groups in total. The molecule has 9 heteroatoms. The minimum Gasteiger partial charge on any atom is -0.310 e. The van der Waals surface area contributed by atoms with Gasteiger partial charge in [-0.3, -0.25) is 0 Å². The standard InChI is InChI=1S/C11H17NO4S3.CH4.Y/c1-4-12-9-5-7(2)19(15,16)11-8(9)6-10(17-11)18(3,13)14;;/h6-7,9,12H,4-5H2,1-3H3;1H4;/t7-,9-;;/m0../s1. The van der Waals surface area contributed by atoms with Gasteiger partial charge in [0.15, 0.2) is 19.7 Å². The average molecular weight is 428 g/mol. The van der Waals surface area contributed by atoms with Crippen molar-refractivity contribution in [1.82, 2.24) is 5.32 Å². The quantitative estimate of drug-likeness (QED) is 0.797. The predicted octanol–water partition coefficient (Wildman–Crippen LogP) is 2.00. The molecule has 0 saturated carbocycles. The fourth-order valence-electron chi connectivity index (χ4n) is 2.22. The summed E-state index contributed by atoms with van der Waals surface area (Å²) < 4.78 is 48.1. The average Bonchev–Trinajstić information content (AvgIpc) is 2.72. The van der Waals surface area contributed by atoms with E-state index in [0.717, 1.165) is 17.6 Å². The van der Waals surface area contributed by atoms with Crippen LogP contribution in [-0.2, 0) is 52.4 Å². The number of fused-ring (bicyclic) bond motifs is 1. The van der Waals surface area contributed by atoms with Crippen LogP contribution in [0.1, 0.15) is 39.3 Å². The van der Waals surface area contributed by atoms with Crippen molar-refractivity contribution in [2.75, 3.05) is 12.8 Å². The second kappa shape index (κ2) is 7.49. The van der Waals surface area contributed by atoms with Gasteiger partial charge in [0.25, 0.3) is 0 Å². The van der Waals surface area contributed by atoms with Crippen molar-refractivity contribution in [3.63, 3.8) is 0 Å². The Morgan fingerprint density at radius 1 is 1.43 bits per heavy atom. The van der Waals surface area contributed by atoms with Gasteiger partial charge < -0.3 is 5.32 Å². The van der Waals surface area contributed by atoms with Gasteiger partial charge in [0, 0.05) is 45.0 Å². The summed E-state index contributed by atoms with van der Waals surface area (Å²) >= 11 is 0.867. The van der Waals surface area contributed by atoms with Gasteiger partial charge in [-0.1, -0.05) is 14.4 Å². The number of hydrogen-bond donors (Lipinski definition) is 1. The Hall–Kier alpha value is 0.664. The first kappa shape index (κ1) is 21.7. The van der Waals surface area contributed by atoms with Gasteiger partial charge in [0.1, 0.15) is 8.42 Å². The van der Waals surface area contributed by atoms with Crippen LogP contribution in [-0.4, -0.2) is 34.9 Å². The largest absolute Gasteiger partial charge is 0.310 e. The van der Waals surface area contributed by atoms with E-state index in [1.54, 1.807) is 6.92 Å². The molecule has 0 amide bonds. The normalized spacial score (nSPS) is 23.6. The summed E-state index contributed by atoms with van der Waals surface area (Å²) in [7, 11) is -6.77. The molecule has 119 valence electrons. The molecule has 1 radical (unpaired) electrons. The third-order valence-corrected chi connectivity index (χ3v) is 8.95. The van der Waals surface area contributed by atoms with Crippen LogP contribution in [0.25, 0.3) is 0 Å². The summed E-state index contributed by atoms with van der Waals surface area (Å²) in [6, 6.07) is 1.41. The van der Waals surface area contributed by atoms with Gasteiger partial charge in [0.05, 0.1) is 5.25 Å². The Bertz CT molecular complexity index is 694. The zero-order valence-electron chi connectivity index (χ0n) is 11.6. The molecule has 5 nitrogen and oxygen atoms in total. The van der Waals surface area contributed by atoms with E-state index < -0.39 is 24.9 Å². The van der Waals surface area contributed by atoms with Crippen LogP contribution < -0.4 is 5.32 Å². The van der Waals surface area contributed by atoms with Gasteiger partial charge in [-0.25, -0.2) is 16.8 Å². The first-order chi connectivity index (χ1) is 8.67. The summed E-state index contributed by atoms with van der Waals surface area (Å²) in [4.78, 5) is 0. The molecule has 0 unspecified atom stereocenters. The molecule has 2 heterocycles. The monoisotopic (exact) mass is 428 g/mol. The third-order valence-electron chi connectivity index (χ3n) is 3.25. The zero-order valence-corrected chi connectivity index (χ0v) is 16.9. The maximum atomic E-state index is 12.3.